The Labute approximate surface area is 221 Å². The average Bonchev–Trinajstić information content (AvgIpc) is 3.48. The number of alkyl halides is 2. The predicted octanol–water partition coefficient (Wildman–Crippen LogP) is 3.21. The fourth-order valence-electron chi connectivity index (χ4n) is 4.07. The van der Waals surface area contributed by atoms with Crippen molar-refractivity contribution in [3.63, 3.8) is 0 Å². The number of aliphatic hydroxyl groups excluding tert-OH is 1. The van der Waals surface area contributed by atoms with Crippen molar-refractivity contribution in [2.24, 2.45) is 13.0 Å². The van der Waals surface area contributed by atoms with Gasteiger partial charge in [0.05, 0.1) is 27.8 Å². The number of nitrogens with zero attached hydrogens (tertiary/aromatic N) is 5. The van der Waals surface area contributed by atoms with E-state index in [2.05, 4.69) is 25.2 Å². The molecule has 1 aromatic carbocycles. The Morgan fingerprint density at radius 3 is 2.82 bits per heavy atom. The molecule has 0 bridgehead atoms. The minimum atomic E-state index is -4.15. The molecule has 2 unspecified atom stereocenters. The van der Waals surface area contributed by atoms with Crippen LogP contribution in [0.2, 0.25) is 0 Å². The van der Waals surface area contributed by atoms with Crippen LogP contribution in [0.4, 0.5) is 14.5 Å². The van der Waals surface area contributed by atoms with Crippen molar-refractivity contribution in [1.29, 1.82) is 0 Å². The molecule has 2 N–H and O–H groups in total. The minimum Gasteiger partial charge on any atom is -0.434 e. The number of carbonyl (C=O) groups excluding carboxylic acids is 1. The van der Waals surface area contributed by atoms with E-state index in [1.54, 1.807) is 32.3 Å². The van der Waals surface area contributed by atoms with Gasteiger partial charge in [-0.1, -0.05) is 13.0 Å². The van der Waals surface area contributed by atoms with Gasteiger partial charge in [0.2, 0.25) is 9.84 Å². The average molecular weight is 557 g/mol. The zero-order valence-electron chi connectivity index (χ0n) is 20.6. The van der Waals surface area contributed by atoms with Gasteiger partial charge >= 0.3 is 6.61 Å². The largest absolute Gasteiger partial charge is 0.434 e. The number of rotatable bonds is 7. The molecule has 1 amide bonds. The Morgan fingerprint density at radius 2 is 2.08 bits per heavy atom. The van der Waals surface area contributed by atoms with Crippen molar-refractivity contribution in [1.82, 2.24) is 24.4 Å². The number of allylic oxidation sites excluding steroid dienone is 1. The Morgan fingerprint density at radius 1 is 1.28 bits per heavy atom. The molecule has 1 aliphatic carbocycles. The summed E-state index contributed by atoms with van der Waals surface area (Å²) in [4.78, 5) is 16.9. The molecule has 0 aliphatic heterocycles. The number of aromatic nitrogens is 5. The van der Waals surface area contributed by atoms with Gasteiger partial charge in [-0.2, -0.15) is 19.0 Å². The summed E-state index contributed by atoms with van der Waals surface area (Å²) in [6, 6.07) is 5.01. The summed E-state index contributed by atoms with van der Waals surface area (Å²) in [7, 11) is -2.61. The third-order valence-electron chi connectivity index (χ3n) is 6.08. The SMILES string of the molecule is CC1C=CC(S(=O)(=O)c2ccc(OC(F)F)c(-c3nn(C)cc3NC(=O)c3cnn4cccnc34)c2)=CC1O. The number of nitrogens with one attached hydrogen (secondary N) is 1. The van der Waals surface area contributed by atoms with E-state index in [4.69, 9.17) is 0 Å². The Balaban J connectivity index is 1.57. The fourth-order valence-corrected chi connectivity index (χ4v) is 5.44. The number of ether oxygens (including phenoxy) is 1. The summed E-state index contributed by atoms with van der Waals surface area (Å²) in [5, 5.41) is 21.2. The number of hydrogen-bond donors (Lipinski definition) is 2. The van der Waals surface area contributed by atoms with E-state index in [1.807, 2.05) is 0 Å². The van der Waals surface area contributed by atoms with Crippen molar-refractivity contribution >= 4 is 27.1 Å². The molecule has 4 aromatic rings. The van der Waals surface area contributed by atoms with Crippen LogP contribution in [0.15, 0.2) is 77.1 Å². The Kier molecular flexibility index (Phi) is 6.74. The third-order valence-corrected chi connectivity index (χ3v) is 7.85. The zero-order chi connectivity index (χ0) is 27.9. The molecule has 0 radical (unpaired) electrons. The van der Waals surface area contributed by atoms with Crippen molar-refractivity contribution in [3.05, 3.63) is 77.7 Å². The number of aryl methyl sites for hydroxylation is 1. The first-order valence-electron chi connectivity index (χ1n) is 11.6. The Hall–Kier alpha value is -4.43. The van der Waals surface area contributed by atoms with E-state index in [9.17, 15) is 27.1 Å². The van der Waals surface area contributed by atoms with Crippen molar-refractivity contribution in [2.75, 3.05) is 5.32 Å². The van der Waals surface area contributed by atoms with E-state index in [0.29, 0.717) is 5.65 Å². The summed E-state index contributed by atoms with van der Waals surface area (Å²) in [5.74, 6) is -1.22. The van der Waals surface area contributed by atoms with Crippen LogP contribution in [-0.2, 0) is 16.9 Å². The summed E-state index contributed by atoms with van der Waals surface area (Å²) in [6.45, 7) is -1.48. The number of hydrogen-bond acceptors (Lipinski definition) is 8. The topological polar surface area (TPSA) is 141 Å². The molecule has 39 heavy (non-hydrogen) atoms. The summed E-state index contributed by atoms with van der Waals surface area (Å²) >= 11 is 0. The molecule has 0 saturated heterocycles. The van der Waals surface area contributed by atoms with Crippen LogP contribution in [0.25, 0.3) is 16.9 Å². The number of sulfone groups is 1. The van der Waals surface area contributed by atoms with Crippen LogP contribution >= 0.6 is 0 Å². The number of benzene rings is 1. The summed E-state index contributed by atoms with van der Waals surface area (Å²) < 4.78 is 60.7. The van der Waals surface area contributed by atoms with Crippen molar-refractivity contribution < 1.29 is 31.8 Å². The smallest absolute Gasteiger partial charge is 0.387 e. The van der Waals surface area contributed by atoms with Gasteiger partial charge in [-0.25, -0.2) is 17.9 Å². The fraction of sp³-hybridized carbons (Fsp3) is 0.200. The van der Waals surface area contributed by atoms with E-state index < -0.39 is 28.5 Å². The van der Waals surface area contributed by atoms with Crippen molar-refractivity contribution in [2.45, 2.75) is 24.5 Å². The van der Waals surface area contributed by atoms with Crippen LogP contribution in [0, 0.1) is 5.92 Å². The molecular weight excluding hydrogens is 534 g/mol. The number of amides is 1. The van der Waals surface area contributed by atoms with E-state index in [-0.39, 0.29) is 44.0 Å². The number of fused-ring (bicyclic) bond motifs is 1. The second-order valence-corrected chi connectivity index (χ2v) is 10.7. The van der Waals surface area contributed by atoms with E-state index in [1.165, 1.54) is 39.9 Å². The molecule has 0 spiro atoms. The summed E-state index contributed by atoms with van der Waals surface area (Å²) in [6.07, 6.45) is 9.04. The number of carbonyl (C=O) groups is 1. The van der Waals surface area contributed by atoms with Crippen LogP contribution in [0.5, 0.6) is 5.75 Å². The van der Waals surface area contributed by atoms with Crippen LogP contribution in [0.1, 0.15) is 17.3 Å². The highest BCUT2D eigenvalue weighted by molar-refractivity contribution is 7.95. The van der Waals surface area contributed by atoms with Gasteiger partial charge in [0.1, 0.15) is 17.0 Å². The molecule has 5 rings (SSSR count). The maximum absolute atomic E-state index is 13.4. The first kappa shape index (κ1) is 26.2. The lowest BCUT2D eigenvalue weighted by atomic mass is 10.0. The first-order valence-corrected chi connectivity index (χ1v) is 13.1. The van der Waals surface area contributed by atoms with Crippen molar-refractivity contribution in [3.8, 4) is 17.0 Å². The van der Waals surface area contributed by atoms with Gasteiger partial charge in [0.25, 0.3) is 5.91 Å². The van der Waals surface area contributed by atoms with E-state index in [0.717, 1.165) is 18.2 Å². The molecule has 14 heteroatoms. The molecule has 1 aliphatic rings. The minimum absolute atomic E-state index is 0.00944. The molecule has 3 heterocycles. The summed E-state index contributed by atoms with van der Waals surface area (Å²) in [5.41, 5.74) is 0.437. The van der Waals surface area contributed by atoms with Gasteiger partial charge in [0, 0.05) is 37.1 Å². The number of anilines is 1. The standard InChI is InChI=1S/C25H22F2N6O5S/c1-14-4-5-16(11-20(14)34)39(36,37)15-6-7-21(38-25(26)27)17(10-15)22-19(13-32(2)31-22)30-24(35)18-12-29-33-9-3-8-28-23(18)33/h3-14,20,25,34H,1-2H3,(H,30,35). The lowest BCUT2D eigenvalue weighted by molar-refractivity contribution is -0.0494. The van der Waals surface area contributed by atoms with Gasteiger partial charge < -0.3 is 15.2 Å². The van der Waals surface area contributed by atoms with Gasteiger partial charge in [0.15, 0.2) is 5.65 Å². The highest BCUT2D eigenvalue weighted by atomic mass is 32.2. The number of halogens is 2. The molecule has 11 nitrogen and oxygen atoms in total. The highest BCUT2D eigenvalue weighted by Gasteiger charge is 2.27. The quantitative estimate of drug-likeness (QED) is 0.354. The van der Waals surface area contributed by atoms with E-state index >= 15 is 0 Å². The van der Waals surface area contributed by atoms with Gasteiger partial charge in [-0.05, 0) is 36.4 Å². The highest BCUT2D eigenvalue weighted by Crippen LogP contribution is 2.38. The molecule has 0 saturated carbocycles. The zero-order valence-corrected chi connectivity index (χ0v) is 21.4. The monoisotopic (exact) mass is 556 g/mol. The third kappa shape index (κ3) is 5.03. The Bertz CT molecular complexity index is 1740. The van der Waals surface area contributed by atoms with Crippen LogP contribution < -0.4 is 10.1 Å². The predicted molar refractivity (Wildman–Crippen MR) is 136 cm³/mol. The second-order valence-electron chi connectivity index (χ2n) is 8.78. The lowest BCUT2D eigenvalue weighted by Crippen LogP contribution is -2.19. The molecule has 202 valence electrons. The van der Waals surface area contributed by atoms with Gasteiger partial charge in [-0.15, -0.1) is 0 Å². The lowest BCUT2D eigenvalue weighted by Gasteiger charge is -2.19. The normalized spacial score (nSPS) is 17.4. The maximum atomic E-state index is 13.4. The van der Waals surface area contributed by atoms with Crippen LogP contribution in [-0.4, -0.2) is 56.5 Å². The molecule has 2 atom stereocenters. The molecule has 0 fully saturated rings. The number of aliphatic hydroxyl groups is 1. The first-order chi connectivity index (χ1) is 18.5. The molecular formula is C25H22F2N6O5S. The van der Waals surface area contributed by atoms with Gasteiger partial charge in [-0.3, -0.25) is 9.48 Å². The van der Waals surface area contributed by atoms with Crippen LogP contribution in [0.3, 0.4) is 0 Å². The maximum Gasteiger partial charge on any atom is 0.387 e. The molecule has 3 aromatic heterocycles. The second kappa shape index (κ2) is 10.0.